The van der Waals surface area contributed by atoms with Gasteiger partial charge in [-0.3, -0.25) is 9.78 Å². The molecule has 2 aromatic rings. The summed E-state index contributed by atoms with van der Waals surface area (Å²) in [5, 5.41) is 9.81. The fourth-order valence-corrected chi connectivity index (χ4v) is 2.12. The van der Waals surface area contributed by atoms with Gasteiger partial charge in [0.15, 0.2) is 17.9 Å². The number of halogens is 3. The highest BCUT2D eigenvalue weighted by Gasteiger charge is 2.08. The Kier molecular flexibility index (Phi) is 7.52. The van der Waals surface area contributed by atoms with Crippen LogP contribution in [0.5, 0.6) is 0 Å². The van der Waals surface area contributed by atoms with Gasteiger partial charge in [-0.1, -0.05) is 12.1 Å². The maximum Gasteiger partial charge on any atom is 0.178 e. The van der Waals surface area contributed by atoms with E-state index in [1.54, 1.807) is 14.0 Å². The third-order valence-corrected chi connectivity index (χ3v) is 3.52. The molecule has 0 aliphatic rings. The number of hydrogen-bond donors (Lipinski definition) is 3. The van der Waals surface area contributed by atoms with E-state index in [2.05, 4.69) is 10.3 Å². The molecule has 0 atom stereocenters. The maximum absolute atomic E-state index is 13.4. The van der Waals surface area contributed by atoms with Crippen LogP contribution in [0, 0.1) is 30.9 Å². The number of nitrogens with two attached hydrogens (primary N) is 1. The van der Waals surface area contributed by atoms with Crippen LogP contribution in [0.2, 0.25) is 0 Å². The van der Waals surface area contributed by atoms with Crippen molar-refractivity contribution in [2.45, 2.75) is 13.8 Å². The summed E-state index contributed by atoms with van der Waals surface area (Å²) in [5.74, 6) is -2.19. The van der Waals surface area contributed by atoms with E-state index in [0.29, 0.717) is 5.56 Å². The van der Waals surface area contributed by atoms with Crippen molar-refractivity contribution in [2.75, 3.05) is 18.1 Å². The predicted octanol–water partition coefficient (Wildman–Crippen LogP) is 3.79. The average Bonchev–Trinajstić information content (AvgIpc) is 2.63. The highest BCUT2D eigenvalue weighted by molar-refractivity contribution is 5.87. The zero-order valence-corrected chi connectivity index (χ0v) is 14.5. The number of benzene rings is 1. The fraction of sp³-hybridized carbons (Fsp3) is 0.167. The maximum atomic E-state index is 13.4. The summed E-state index contributed by atoms with van der Waals surface area (Å²) >= 11 is 0. The highest BCUT2D eigenvalue weighted by Crippen LogP contribution is 2.21. The Labute approximate surface area is 149 Å². The van der Waals surface area contributed by atoms with Crippen molar-refractivity contribution in [3.63, 3.8) is 0 Å². The first-order valence-corrected chi connectivity index (χ1v) is 7.47. The summed E-state index contributed by atoms with van der Waals surface area (Å²) in [4.78, 5) is 13.9. The van der Waals surface area contributed by atoms with Crippen molar-refractivity contribution in [1.29, 1.82) is 5.41 Å². The third kappa shape index (κ3) is 4.92. The van der Waals surface area contributed by atoms with Crippen molar-refractivity contribution in [2.24, 2.45) is 0 Å². The molecule has 138 valence electrons. The van der Waals surface area contributed by atoms with Crippen molar-refractivity contribution in [3.05, 3.63) is 58.2 Å². The molecule has 0 aliphatic carbocycles. The first kappa shape index (κ1) is 20.9. The van der Waals surface area contributed by atoms with Crippen LogP contribution >= 0.6 is 0 Å². The van der Waals surface area contributed by atoms with Gasteiger partial charge in [-0.2, -0.15) is 0 Å². The summed E-state index contributed by atoms with van der Waals surface area (Å²) in [6, 6.07) is 2.62. The Morgan fingerprint density at radius 3 is 2.38 bits per heavy atom. The number of aromatic nitrogens is 1. The molecule has 2 rings (SSSR count). The van der Waals surface area contributed by atoms with E-state index in [4.69, 9.17) is 11.1 Å². The SMILES string of the molecule is CNc1c(C)ncc(F)c1C.N=Cc1ccc(/C=C(\F)C=O)c(F)c1N. The summed E-state index contributed by atoms with van der Waals surface area (Å²) in [5.41, 5.74) is 7.42. The van der Waals surface area contributed by atoms with E-state index in [0.717, 1.165) is 23.7 Å². The minimum Gasteiger partial charge on any atom is -0.396 e. The molecule has 26 heavy (non-hydrogen) atoms. The number of rotatable bonds is 4. The molecule has 1 aromatic heterocycles. The molecule has 0 fully saturated rings. The quantitative estimate of drug-likeness (QED) is 0.333. The number of pyridine rings is 1. The average molecular weight is 364 g/mol. The minimum atomic E-state index is -1.09. The molecule has 1 heterocycles. The van der Waals surface area contributed by atoms with Crippen LogP contribution in [0.25, 0.3) is 6.08 Å². The molecule has 8 heteroatoms. The van der Waals surface area contributed by atoms with Crippen LogP contribution in [0.1, 0.15) is 22.4 Å². The number of nitrogen functional groups attached to an aromatic ring is 1. The zero-order chi connectivity index (χ0) is 19.9. The lowest BCUT2D eigenvalue weighted by molar-refractivity contribution is -0.106. The Morgan fingerprint density at radius 1 is 1.27 bits per heavy atom. The number of anilines is 2. The number of hydrogen-bond acceptors (Lipinski definition) is 5. The van der Waals surface area contributed by atoms with Gasteiger partial charge in [-0.05, 0) is 19.9 Å². The molecule has 0 saturated heterocycles. The lowest BCUT2D eigenvalue weighted by Gasteiger charge is -2.07. The van der Waals surface area contributed by atoms with Crippen molar-refractivity contribution in [3.8, 4) is 0 Å². The lowest BCUT2D eigenvalue weighted by Crippen LogP contribution is -1.99. The standard InChI is InChI=1S/C10H8F2N2O.C8H11FN2/c11-8(5-15)3-6-1-2-7(4-13)10(14)9(6)12;1-5-7(9)4-11-6(2)8(5)10-3/h1-5,13H,14H2;4,10H,1-3H3/b8-3-,13-4?;. The largest absolute Gasteiger partial charge is 0.396 e. The Morgan fingerprint density at radius 2 is 1.88 bits per heavy atom. The normalized spacial score (nSPS) is 10.6. The number of nitrogens with one attached hydrogen (secondary N) is 2. The highest BCUT2D eigenvalue weighted by atomic mass is 19.1. The van der Waals surface area contributed by atoms with E-state index < -0.39 is 11.6 Å². The van der Waals surface area contributed by atoms with E-state index >= 15 is 0 Å². The molecule has 0 aliphatic heterocycles. The molecule has 0 bridgehead atoms. The molecule has 0 saturated carbocycles. The van der Waals surface area contributed by atoms with Gasteiger partial charge >= 0.3 is 0 Å². The molecule has 0 unspecified atom stereocenters. The van der Waals surface area contributed by atoms with Gasteiger partial charge in [0.2, 0.25) is 0 Å². The Bertz CT molecular complexity index is 851. The summed E-state index contributed by atoms with van der Waals surface area (Å²) in [7, 11) is 1.76. The first-order valence-electron chi connectivity index (χ1n) is 7.47. The second-order valence-corrected chi connectivity index (χ2v) is 5.20. The van der Waals surface area contributed by atoms with Gasteiger partial charge in [0.1, 0.15) is 5.82 Å². The van der Waals surface area contributed by atoms with Crippen LogP contribution in [0.4, 0.5) is 24.5 Å². The van der Waals surface area contributed by atoms with Gasteiger partial charge in [0.05, 0.1) is 23.3 Å². The van der Waals surface area contributed by atoms with E-state index in [1.165, 1.54) is 18.3 Å². The topological polar surface area (TPSA) is 91.9 Å². The first-order chi connectivity index (χ1) is 12.3. The Balaban J connectivity index is 0.000000273. The Hall–Kier alpha value is -3.16. The number of nitrogens with zero attached hydrogens (tertiary/aromatic N) is 1. The second-order valence-electron chi connectivity index (χ2n) is 5.20. The van der Waals surface area contributed by atoms with E-state index in [-0.39, 0.29) is 28.9 Å². The summed E-state index contributed by atoms with van der Waals surface area (Å²) in [6.45, 7) is 3.58. The number of aldehydes is 1. The smallest absolute Gasteiger partial charge is 0.178 e. The predicted molar refractivity (Wildman–Crippen MR) is 97.1 cm³/mol. The molecule has 5 nitrogen and oxygen atoms in total. The molecular formula is C18H19F3N4O. The number of carbonyl (C=O) groups excluding carboxylic acids is 1. The summed E-state index contributed by atoms with van der Waals surface area (Å²) in [6.07, 6.45) is 2.85. The van der Waals surface area contributed by atoms with Crippen molar-refractivity contribution in [1.82, 2.24) is 4.98 Å². The molecular weight excluding hydrogens is 345 g/mol. The van der Waals surface area contributed by atoms with Crippen molar-refractivity contribution < 1.29 is 18.0 Å². The molecule has 0 radical (unpaired) electrons. The van der Waals surface area contributed by atoms with Crippen LogP contribution in [0.3, 0.4) is 0 Å². The van der Waals surface area contributed by atoms with Crippen LogP contribution in [-0.2, 0) is 4.79 Å². The van der Waals surface area contributed by atoms with Gasteiger partial charge < -0.3 is 16.5 Å². The molecule has 1 aromatic carbocycles. The van der Waals surface area contributed by atoms with Gasteiger partial charge in [0, 0.05) is 30.0 Å². The van der Waals surface area contributed by atoms with Gasteiger partial charge in [-0.15, -0.1) is 0 Å². The lowest BCUT2D eigenvalue weighted by atomic mass is 10.1. The number of aryl methyl sites for hydroxylation is 1. The third-order valence-electron chi connectivity index (χ3n) is 3.52. The number of allylic oxidation sites excluding steroid dienone is 1. The van der Waals surface area contributed by atoms with Crippen LogP contribution < -0.4 is 11.1 Å². The van der Waals surface area contributed by atoms with Crippen LogP contribution in [-0.4, -0.2) is 24.5 Å². The molecule has 4 N–H and O–H groups in total. The summed E-state index contributed by atoms with van der Waals surface area (Å²) < 4.78 is 38.8. The molecule has 0 spiro atoms. The van der Waals surface area contributed by atoms with Gasteiger partial charge in [0.25, 0.3) is 0 Å². The van der Waals surface area contributed by atoms with Crippen molar-refractivity contribution >= 4 is 30.0 Å². The van der Waals surface area contributed by atoms with Crippen LogP contribution in [0.15, 0.2) is 24.2 Å². The van der Waals surface area contributed by atoms with E-state index in [1.807, 2.05) is 6.92 Å². The fourth-order valence-electron chi connectivity index (χ4n) is 2.12. The molecule has 0 amide bonds. The van der Waals surface area contributed by atoms with Gasteiger partial charge in [-0.25, -0.2) is 13.2 Å². The zero-order valence-electron chi connectivity index (χ0n) is 14.5. The monoisotopic (exact) mass is 364 g/mol. The van der Waals surface area contributed by atoms with E-state index in [9.17, 15) is 18.0 Å². The minimum absolute atomic E-state index is 0.0276. The second kappa shape index (κ2) is 9.36. The number of carbonyl (C=O) groups is 1.